The molecule has 17 rings (SSSR count). The normalized spacial score (nSPS) is 20.6. The second-order valence-corrected chi connectivity index (χ2v) is 25.8. The average molecular weight is 1340 g/mol. The predicted molar refractivity (Wildman–Crippen MR) is 367 cm³/mol. The number of alkyl halides is 2. The number of para-hydroxylation sites is 2. The van der Waals surface area contributed by atoms with Crippen LogP contribution in [0.25, 0.3) is 11.1 Å². The number of halogens is 2. The third kappa shape index (κ3) is 14.2. The van der Waals surface area contributed by atoms with Crippen LogP contribution in [0.5, 0.6) is 11.5 Å². The second kappa shape index (κ2) is 28.4. The lowest BCUT2D eigenvalue weighted by molar-refractivity contribution is -0.337. The number of benzene rings is 6. The molecule has 15 nitrogen and oxygen atoms in total. The summed E-state index contributed by atoms with van der Waals surface area (Å²) in [6, 6.07) is 52.3. The summed E-state index contributed by atoms with van der Waals surface area (Å²) in [5, 5.41) is 0. The van der Waals surface area contributed by atoms with Crippen molar-refractivity contribution in [2.75, 3.05) is 13.8 Å². The minimum Gasteiger partial charge on any atom is -0.476 e. The standard InChI is InChI=1S/C17H14O3.C17H14O2.C17H16O2.C10H16O2.C9H14O2.C6H11NO.C5H6F2O2/c1-11-12(2)20-17(19-11)13-7-3-5-9-15(13)18-16-10-6-4-8-14(16)17;1-11-12(2)19-17(18-11)15-9-5-3-7-13(15)14-8-4-6-10-16(14)17;1-13-14(2)19-17(18-13,15-9-5-3-6-10-15)16-11-7-4-8-12-16;1-8-9(2)12-10(11-8)6-4-3-5-7-10;1-7-8(2)11-9(10-7)5-3-4-6-9;1-5-6(2)8-4-7(5)3;1-3-4(2)9-5(6,7)8-3/h3-10H,1-2H3;3-10H,1-2H3;3-12H,1-2H3;3-7H2,1-2H3;3-6H2,1-2H3;4H2,1-3H3;1-2H3. The fourth-order valence-corrected chi connectivity index (χ4v) is 13.1. The molecule has 98 heavy (non-hydrogen) atoms. The molecule has 2 saturated carbocycles. The van der Waals surface area contributed by atoms with Crippen LogP contribution in [-0.2, 0) is 78.9 Å². The minimum absolute atomic E-state index is 0.139. The molecule has 11 aliphatic rings. The van der Waals surface area contributed by atoms with Crippen molar-refractivity contribution in [3.8, 4) is 22.6 Å². The molecule has 4 spiro atoms. The van der Waals surface area contributed by atoms with Crippen LogP contribution in [0.4, 0.5) is 8.78 Å². The van der Waals surface area contributed by atoms with Gasteiger partial charge in [-0.15, -0.1) is 8.78 Å². The van der Waals surface area contributed by atoms with Gasteiger partial charge in [0.25, 0.3) is 11.6 Å². The van der Waals surface area contributed by atoms with Crippen molar-refractivity contribution in [3.05, 3.63) is 272 Å². The SMILES string of the molecule is CC1=C(C)N(C)CO1.CC1=C(C)OC(F)(F)O1.CC1=C(C)OC(c2ccccc2)(c2ccccc2)O1.CC1=C(C)OC2(CCCC2)O1.CC1=C(C)OC2(CCCCC2)O1.CC1=C(C)OC2(O1)c1ccccc1-c1ccccc12.CC1=C(C)OC2(O1)c1ccccc1Oc1ccccc12. The Balaban J connectivity index is 0.000000119. The third-order valence-corrected chi connectivity index (χ3v) is 19.1. The highest BCUT2D eigenvalue weighted by molar-refractivity contribution is 5.79. The van der Waals surface area contributed by atoms with E-state index in [0.29, 0.717) is 0 Å². The van der Waals surface area contributed by atoms with Crippen LogP contribution in [0.1, 0.15) is 188 Å². The molecule has 0 N–H and O–H groups in total. The van der Waals surface area contributed by atoms with E-state index < -0.39 is 23.7 Å². The van der Waals surface area contributed by atoms with Gasteiger partial charge in [0.2, 0.25) is 0 Å². The van der Waals surface area contributed by atoms with Crippen LogP contribution in [0.3, 0.4) is 0 Å². The van der Waals surface area contributed by atoms with E-state index in [-0.39, 0.29) is 23.1 Å². The molecule has 0 radical (unpaired) electrons. The summed E-state index contributed by atoms with van der Waals surface area (Å²) in [5.74, 6) is 8.66. The fourth-order valence-electron chi connectivity index (χ4n) is 13.1. The first-order valence-electron chi connectivity index (χ1n) is 33.7. The van der Waals surface area contributed by atoms with Crippen molar-refractivity contribution in [2.45, 2.75) is 190 Å². The zero-order valence-electron chi connectivity index (χ0n) is 59.0. The van der Waals surface area contributed by atoms with E-state index in [4.69, 9.17) is 56.8 Å². The summed E-state index contributed by atoms with van der Waals surface area (Å²) < 4.78 is 103. The van der Waals surface area contributed by atoms with Crippen LogP contribution < -0.4 is 4.74 Å². The largest absolute Gasteiger partial charge is 0.585 e. The van der Waals surface area contributed by atoms with Crippen molar-refractivity contribution in [2.24, 2.45) is 0 Å². The molecule has 8 heterocycles. The van der Waals surface area contributed by atoms with Gasteiger partial charge in [-0.1, -0.05) is 140 Å². The van der Waals surface area contributed by atoms with E-state index >= 15 is 0 Å². The lowest BCUT2D eigenvalue weighted by Crippen LogP contribution is -2.33. The number of ether oxygens (including phenoxy) is 14. The highest BCUT2D eigenvalue weighted by atomic mass is 19.3. The van der Waals surface area contributed by atoms with Gasteiger partial charge in [0.05, 0.1) is 16.8 Å². The molecule has 0 amide bonds. The Labute approximate surface area is 575 Å². The number of rotatable bonds is 2. The summed E-state index contributed by atoms with van der Waals surface area (Å²) in [6.45, 7) is 27.1. The van der Waals surface area contributed by atoms with E-state index in [2.05, 4.69) is 57.7 Å². The van der Waals surface area contributed by atoms with E-state index in [1.165, 1.54) is 62.8 Å². The molecule has 0 atom stereocenters. The lowest BCUT2D eigenvalue weighted by atomic mass is 9.93. The highest BCUT2D eigenvalue weighted by Gasteiger charge is 2.53. The quantitative estimate of drug-likeness (QED) is 0.163. The fraction of sp³-hybridized carbons (Fsp3) is 0.383. The summed E-state index contributed by atoms with van der Waals surface area (Å²) >= 11 is 0. The smallest absolute Gasteiger partial charge is 0.476 e. The van der Waals surface area contributed by atoms with Crippen LogP contribution in [0, 0.1) is 0 Å². The number of hydrogen-bond donors (Lipinski definition) is 0. The van der Waals surface area contributed by atoms with Crippen molar-refractivity contribution in [1.82, 2.24) is 4.90 Å². The molecule has 17 heteroatoms. The van der Waals surface area contributed by atoms with E-state index in [0.717, 1.165) is 141 Å². The Morgan fingerprint density at radius 2 is 0.582 bits per heavy atom. The molecule has 6 aromatic carbocycles. The van der Waals surface area contributed by atoms with Crippen molar-refractivity contribution >= 4 is 0 Å². The summed E-state index contributed by atoms with van der Waals surface area (Å²) in [4.78, 5) is 2.08. The Bertz CT molecular complexity index is 3880. The van der Waals surface area contributed by atoms with Gasteiger partial charge in [-0.25, -0.2) is 0 Å². The zero-order valence-corrected chi connectivity index (χ0v) is 59.0. The van der Waals surface area contributed by atoms with E-state index in [9.17, 15) is 8.78 Å². The monoisotopic (exact) mass is 1340 g/mol. The van der Waals surface area contributed by atoms with E-state index in [1.54, 1.807) is 0 Å². The van der Waals surface area contributed by atoms with Crippen LogP contribution in [-0.4, -0.2) is 36.5 Å². The molecule has 8 aliphatic heterocycles. The maximum absolute atomic E-state index is 12.0. The third-order valence-electron chi connectivity index (χ3n) is 19.1. The van der Waals surface area contributed by atoms with Crippen LogP contribution >= 0.6 is 0 Å². The molecule has 0 unspecified atom stereocenters. The van der Waals surface area contributed by atoms with Gasteiger partial charge in [-0.3, -0.25) is 0 Å². The van der Waals surface area contributed by atoms with Crippen molar-refractivity contribution in [1.29, 1.82) is 0 Å². The molecule has 3 aliphatic carbocycles. The molecular weight excluding hydrogens is 1250 g/mol. The van der Waals surface area contributed by atoms with Gasteiger partial charge in [0.15, 0.2) is 6.73 Å². The highest BCUT2D eigenvalue weighted by Crippen LogP contribution is 2.56. The first kappa shape index (κ1) is 69.7. The summed E-state index contributed by atoms with van der Waals surface area (Å²) in [5.41, 5.74) is 9.60. The Morgan fingerprint density at radius 3 is 0.898 bits per heavy atom. The average Bonchev–Trinajstić information content (AvgIpc) is 1.49. The van der Waals surface area contributed by atoms with Crippen LogP contribution in [0.15, 0.2) is 238 Å². The lowest BCUT2D eigenvalue weighted by Gasteiger charge is -2.35. The van der Waals surface area contributed by atoms with Crippen molar-refractivity contribution in [3.63, 3.8) is 0 Å². The molecule has 0 aromatic heterocycles. The molecular formula is C81H91F2NO14. The van der Waals surface area contributed by atoms with Gasteiger partial charge in [0.1, 0.15) is 86.4 Å². The van der Waals surface area contributed by atoms with Crippen LogP contribution in [0.2, 0.25) is 0 Å². The number of nitrogens with zero attached hydrogens (tertiary/aromatic N) is 1. The maximum Gasteiger partial charge on any atom is 0.585 e. The molecule has 0 bridgehead atoms. The Hall–Kier alpha value is -9.64. The number of hydrogen-bond acceptors (Lipinski definition) is 15. The number of allylic oxidation sites excluding steroid dienone is 14. The zero-order chi connectivity index (χ0) is 69.8. The first-order valence-corrected chi connectivity index (χ1v) is 33.7. The predicted octanol–water partition coefficient (Wildman–Crippen LogP) is 21.1. The molecule has 2 fully saturated rings. The summed E-state index contributed by atoms with van der Waals surface area (Å²) in [6.07, 6.45) is 7.07. The maximum atomic E-state index is 12.0. The first-order chi connectivity index (χ1) is 46.8. The van der Waals surface area contributed by atoms with Gasteiger partial charge < -0.3 is 71.2 Å². The Morgan fingerprint density at radius 1 is 0.296 bits per heavy atom. The van der Waals surface area contributed by atoms with Gasteiger partial charge in [-0.05, 0) is 158 Å². The summed E-state index contributed by atoms with van der Waals surface area (Å²) in [7, 11) is 2.02. The van der Waals surface area contributed by atoms with Gasteiger partial charge in [0, 0.05) is 55.0 Å². The van der Waals surface area contributed by atoms with Gasteiger partial charge >= 0.3 is 23.7 Å². The minimum atomic E-state index is -3.44. The molecule has 6 aromatic rings. The topological polar surface area (TPSA) is 132 Å². The number of fused-ring (bicyclic) bond motifs is 9. The Kier molecular flexibility index (Phi) is 20.2. The van der Waals surface area contributed by atoms with Gasteiger partial charge in [-0.2, -0.15) is 0 Å². The van der Waals surface area contributed by atoms with Crippen molar-refractivity contribution < 1.29 is 75.1 Å². The second-order valence-electron chi connectivity index (χ2n) is 25.8. The van der Waals surface area contributed by atoms with E-state index in [1.807, 2.05) is 205 Å². The molecule has 518 valence electrons. The molecule has 0 saturated heterocycles.